The monoisotopic (exact) mass is 332 g/mol. The van der Waals surface area contributed by atoms with Crippen LogP contribution in [0.1, 0.15) is 43.7 Å². The van der Waals surface area contributed by atoms with Crippen LogP contribution in [0.2, 0.25) is 0 Å². The molecule has 1 amide bonds. The van der Waals surface area contributed by atoms with E-state index in [2.05, 4.69) is 26.0 Å². The van der Waals surface area contributed by atoms with Gasteiger partial charge in [0.05, 0.1) is 22.9 Å². The van der Waals surface area contributed by atoms with Gasteiger partial charge in [-0.2, -0.15) is 0 Å². The summed E-state index contributed by atoms with van der Waals surface area (Å²) in [6.45, 7) is 7.63. The lowest BCUT2D eigenvalue weighted by Gasteiger charge is -2.22. The number of benzene rings is 1. The summed E-state index contributed by atoms with van der Waals surface area (Å²) in [6.07, 6.45) is 3.66. The Hall–Kier alpha value is -1.46. The van der Waals surface area contributed by atoms with Gasteiger partial charge in [0.25, 0.3) is 0 Å². The minimum absolute atomic E-state index is 0.144. The smallest absolute Gasteiger partial charge is 0.228 e. The highest BCUT2D eigenvalue weighted by Crippen LogP contribution is 2.34. The highest BCUT2D eigenvalue weighted by molar-refractivity contribution is 7.22. The topological polar surface area (TPSA) is 42.4 Å². The van der Waals surface area contributed by atoms with Crippen molar-refractivity contribution >= 4 is 32.6 Å². The van der Waals surface area contributed by atoms with Crippen LogP contribution in [0.15, 0.2) is 12.1 Å². The summed E-state index contributed by atoms with van der Waals surface area (Å²) in [5.41, 5.74) is 3.40. The number of hydrogen-bond donors (Lipinski definition) is 0. The molecular weight excluding hydrogens is 308 g/mol. The molecule has 3 rings (SSSR count). The van der Waals surface area contributed by atoms with Gasteiger partial charge in [0, 0.05) is 13.0 Å². The van der Waals surface area contributed by atoms with Gasteiger partial charge in [0.2, 0.25) is 5.91 Å². The predicted octanol–water partition coefficient (Wildman–Crippen LogP) is 4.23. The Bertz CT molecular complexity index is 665. The summed E-state index contributed by atoms with van der Waals surface area (Å²) in [5, 5.41) is 0.811. The van der Waals surface area contributed by atoms with E-state index in [1.165, 1.54) is 10.3 Å². The summed E-state index contributed by atoms with van der Waals surface area (Å²) in [6, 6.07) is 4.22. The molecule has 0 aliphatic carbocycles. The SMILES string of the molecule is CCCC(=O)N(CC1CCCO1)c1nc2c(C)ccc(C)c2s1. The Kier molecular flexibility index (Phi) is 4.97. The van der Waals surface area contributed by atoms with Crippen LogP contribution in [-0.4, -0.2) is 30.1 Å². The van der Waals surface area contributed by atoms with Gasteiger partial charge in [-0.05, 0) is 44.2 Å². The van der Waals surface area contributed by atoms with E-state index in [4.69, 9.17) is 9.72 Å². The molecule has 2 heterocycles. The fraction of sp³-hybridized carbons (Fsp3) is 0.556. The average molecular weight is 332 g/mol. The fourth-order valence-electron chi connectivity index (χ4n) is 2.99. The van der Waals surface area contributed by atoms with Crippen LogP contribution in [0.5, 0.6) is 0 Å². The second kappa shape index (κ2) is 6.97. The van der Waals surface area contributed by atoms with Crippen molar-refractivity contribution in [1.29, 1.82) is 0 Å². The van der Waals surface area contributed by atoms with Crippen molar-refractivity contribution in [3.05, 3.63) is 23.3 Å². The zero-order valence-electron chi connectivity index (χ0n) is 14.1. The molecule has 1 aromatic carbocycles. The zero-order chi connectivity index (χ0) is 16.4. The highest BCUT2D eigenvalue weighted by atomic mass is 32.1. The molecule has 1 unspecified atom stereocenters. The van der Waals surface area contributed by atoms with Gasteiger partial charge < -0.3 is 4.74 Å². The third kappa shape index (κ3) is 3.40. The molecule has 1 aliphatic rings. The van der Waals surface area contributed by atoms with Gasteiger partial charge in [-0.1, -0.05) is 30.4 Å². The molecule has 23 heavy (non-hydrogen) atoms. The van der Waals surface area contributed by atoms with E-state index in [9.17, 15) is 4.79 Å². The van der Waals surface area contributed by atoms with Crippen LogP contribution in [0.3, 0.4) is 0 Å². The van der Waals surface area contributed by atoms with Crippen LogP contribution in [0.4, 0.5) is 5.13 Å². The maximum Gasteiger partial charge on any atom is 0.228 e. The lowest BCUT2D eigenvalue weighted by molar-refractivity contribution is -0.119. The average Bonchev–Trinajstić information content (AvgIpc) is 3.18. The van der Waals surface area contributed by atoms with E-state index in [-0.39, 0.29) is 12.0 Å². The predicted molar refractivity (Wildman–Crippen MR) is 95.3 cm³/mol. The Balaban J connectivity index is 1.96. The number of rotatable bonds is 5. The molecule has 5 heteroatoms. The van der Waals surface area contributed by atoms with Crippen molar-refractivity contribution in [2.75, 3.05) is 18.1 Å². The molecule has 1 saturated heterocycles. The van der Waals surface area contributed by atoms with Gasteiger partial charge in [-0.15, -0.1) is 0 Å². The molecular formula is C18H24N2O2S. The number of anilines is 1. The number of amides is 1. The number of carbonyl (C=O) groups is 1. The number of hydrogen-bond acceptors (Lipinski definition) is 4. The fourth-order valence-corrected chi connectivity index (χ4v) is 4.13. The largest absolute Gasteiger partial charge is 0.376 e. The molecule has 1 aromatic heterocycles. The number of nitrogens with zero attached hydrogens (tertiary/aromatic N) is 2. The Morgan fingerprint density at radius 3 is 2.83 bits per heavy atom. The number of carbonyl (C=O) groups excluding carboxylic acids is 1. The van der Waals surface area contributed by atoms with Crippen molar-refractivity contribution in [3.8, 4) is 0 Å². The van der Waals surface area contributed by atoms with E-state index >= 15 is 0 Å². The minimum atomic E-state index is 0.144. The van der Waals surface area contributed by atoms with Gasteiger partial charge in [-0.25, -0.2) is 4.98 Å². The van der Waals surface area contributed by atoms with Crippen LogP contribution >= 0.6 is 11.3 Å². The van der Waals surface area contributed by atoms with Gasteiger partial charge in [0.15, 0.2) is 5.13 Å². The Morgan fingerprint density at radius 1 is 1.39 bits per heavy atom. The second-order valence-corrected chi connectivity index (χ2v) is 7.24. The number of aromatic nitrogens is 1. The number of thiazole rings is 1. The van der Waals surface area contributed by atoms with Gasteiger partial charge >= 0.3 is 0 Å². The van der Waals surface area contributed by atoms with Crippen LogP contribution in [0.25, 0.3) is 10.2 Å². The molecule has 1 aliphatic heterocycles. The number of fused-ring (bicyclic) bond motifs is 1. The third-order valence-corrected chi connectivity index (χ3v) is 5.55. The Morgan fingerprint density at radius 2 is 2.17 bits per heavy atom. The Labute approximate surface area is 141 Å². The van der Waals surface area contributed by atoms with E-state index in [0.717, 1.165) is 42.1 Å². The molecule has 0 bridgehead atoms. The molecule has 0 radical (unpaired) electrons. The molecule has 0 spiro atoms. The quantitative estimate of drug-likeness (QED) is 0.823. The molecule has 2 aromatic rings. The molecule has 0 saturated carbocycles. The van der Waals surface area contributed by atoms with Crippen molar-refractivity contribution in [1.82, 2.24) is 4.98 Å². The molecule has 4 nitrogen and oxygen atoms in total. The van der Waals surface area contributed by atoms with E-state index in [0.29, 0.717) is 13.0 Å². The third-order valence-electron chi connectivity index (χ3n) is 4.34. The van der Waals surface area contributed by atoms with E-state index in [1.54, 1.807) is 11.3 Å². The second-order valence-electron chi connectivity index (χ2n) is 6.26. The summed E-state index contributed by atoms with van der Waals surface area (Å²) in [5.74, 6) is 0.150. The first-order valence-electron chi connectivity index (χ1n) is 8.39. The molecule has 1 atom stereocenters. The molecule has 124 valence electrons. The summed E-state index contributed by atoms with van der Waals surface area (Å²) in [7, 11) is 0. The van der Waals surface area contributed by atoms with Crippen molar-refractivity contribution in [3.63, 3.8) is 0 Å². The van der Waals surface area contributed by atoms with Crippen LogP contribution < -0.4 is 4.90 Å². The van der Waals surface area contributed by atoms with Gasteiger partial charge in [-0.3, -0.25) is 9.69 Å². The molecule has 0 N–H and O–H groups in total. The minimum Gasteiger partial charge on any atom is -0.376 e. The van der Waals surface area contributed by atoms with Crippen molar-refractivity contribution < 1.29 is 9.53 Å². The zero-order valence-corrected chi connectivity index (χ0v) is 14.9. The maximum atomic E-state index is 12.6. The van der Waals surface area contributed by atoms with Gasteiger partial charge in [0.1, 0.15) is 0 Å². The lowest BCUT2D eigenvalue weighted by atomic mass is 10.1. The summed E-state index contributed by atoms with van der Waals surface area (Å²) < 4.78 is 6.92. The van der Waals surface area contributed by atoms with E-state index < -0.39 is 0 Å². The summed E-state index contributed by atoms with van der Waals surface area (Å²) in [4.78, 5) is 19.3. The first kappa shape index (κ1) is 16.4. The number of aryl methyl sites for hydroxylation is 2. The van der Waals surface area contributed by atoms with Crippen LogP contribution in [-0.2, 0) is 9.53 Å². The molecule has 1 fully saturated rings. The first-order chi connectivity index (χ1) is 11.1. The normalized spacial score (nSPS) is 17.8. The van der Waals surface area contributed by atoms with Crippen LogP contribution in [0, 0.1) is 13.8 Å². The lowest BCUT2D eigenvalue weighted by Crippen LogP contribution is -2.37. The van der Waals surface area contributed by atoms with Crippen molar-refractivity contribution in [2.24, 2.45) is 0 Å². The maximum absolute atomic E-state index is 12.6. The number of ether oxygens (including phenoxy) is 1. The standard InChI is InChI=1S/C18H24N2O2S/c1-4-6-15(21)20(11-14-7-5-10-22-14)18-19-16-12(2)8-9-13(3)17(16)23-18/h8-9,14H,4-7,10-11H2,1-3H3. The van der Waals surface area contributed by atoms with E-state index in [1.807, 2.05) is 11.8 Å². The highest BCUT2D eigenvalue weighted by Gasteiger charge is 2.26. The van der Waals surface area contributed by atoms with Crippen molar-refractivity contribution in [2.45, 2.75) is 52.6 Å². The first-order valence-corrected chi connectivity index (χ1v) is 9.20. The summed E-state index contributed by atoms with van der Waals surface area (Å²) >= 11 is 1.62.